The molecule has 1 aliphatic rings. The van der Waals surface area contributed by atoms with Crippen LogP contribution in [0.25, 0.3) is 0 Å². The van der Waals surface area contributed by atoms with Crippen LogP contribution in [0.3, 0.4) is 0 Å². The summed E-state index contributed by atoms with van der Waals surface area (Å²) in [5.74, 6) is 3.23. The second-order valence-corrected chi connectivity index (χ2v) is 4.09. The SMILES string of the molecule is C#CCOC1=CC(=O)CC(C)(C)C1. The summed E-state index contributed by atoms with van der Waals surface area (Å²) < 4.78 is 5.24. The van der Waals surface area contributed by atoms with E-state index in [-0.39, 0.29) is 17.8 Å². The van der Waals surface area contributed by atoms with Crippen LogP contribution in [0, 0.1) is 17.8 Å². The van der Waals surface area contributed by atoms with Crippen LogP contribution in [-0.2, 0) is 9.53 Å². The Hall–Kier alpha value is -1.23. The summed E-state index contributed by atoms with van der Waals surface area (Å²) in [6.45, 7) is 4.35. The maximum atomic E-state index is 11.2. The van der Waals surface area contributed by atoms with Gasteiger partial charge in [-0.2, -0.15) is 0 Å². The van der Waals surface area contributed by atoms with Gasteiger partial charge in [0.2, 0.25) is 0 Å². The van der Waals surface area contributed by atoms with Gasteiger partial charge in [-0.1, -0.05) is 19.8 Å². The van der Waals surface area contributed by atoms with Crippen LogP contribution >= 0.6 is 0 Å². The first-order valence-corrected chi connectivity index (χ1v) is 4.33. The third-order valence-corrected chi connectivity index (χ3v) is 1.97. The van der Waals surface area contributed by atoms with E-state index in [0.717, 1.165) is 12.2 Å². The minimum absolute atomic E-state index is 0.00969. The minimum Gasteiger partial charge on any atom is -0.485 e. The molecule has 70 valence electrons. The van der Waals surface area contributed by atoms with Crippen molar-refractivity contribution in [3.63, 3.8) is 0 Å². The summed E-state index contributed by atoms with van der Waals surface area (Å²) in [5, 5.41) is 0. The van der Waals surface area contributed by atoms with E-state index in [1.54, 1.807) is 6.08 Å². The summed E-state index contributed by atoms with van der Waals surface area (Å²) in [6, 6.07) is 0. The van der Waals surface area contributed by atoms with Crippen molar-refractivity contribution >= 4 is 5.78 Å². The number of carbonyl (C=O) groups is 1. The zero-order chi connectivity index (χ0) is 9.90. The molecule has 0 radical (unpaired) electrons. The number of ether oxygens (including phenoxy) is 1. The van der Waals surface area contributed by atoms with Gasteiger partial charge in [0.05, 0.1) is 0 Å². The summed E-state index contributed by atoms with van der Waals surface area (Å²) in [7, 11) is 0. The van der Waals surface area contributed by atoms with Gasteiger partial charge in [-0.15, -0.1) is 6.42 Å². The van der Waals surface area contributed by atoms with Crippen molar-refractivity contribution in [2.45, 2.75) is 26.7 Å². The first-order valence-electron chi connectivity index (χ1n) is 4.33. The van der Waals surface area contributed by atoms with Crippen molar-refractivity contribution < 1.29 is 9.53 Å². The van der Waals surface area contributed by atoms with Crippen LogP contribution in [0.5, 0.6) is 0 Å². The quantitative estimate of drug-likeness (QED) is 0.604. The molecule has 2 heteroatoms. The number of rotatable bonds is 2. The van der Waals surface area contributed by atoms with Crippen molar-refractivity contribution in [2.75, 3.05) is 6.61 Å². The average Bonchev–Trinajstić information content (AvgIpc) is 1.97. The molecule has 0 aliphatic heterocycles. The van der Waals surface area contributed by atoms with E-state index in [4.69, 9.17) is 11.2 Å². The van der Waals surface area contributed by atoms with Gasteiger partial charge < -0.3 is 4.74 Å². The first kappa shape index (κ1) is 9.85. The van der Waals surface area contributed by atoms with Gasteiger partial charge in [0.1, 0.15) is 12.4 Å². The van der Waals surface area contributed by atoms with Gasteiger partial charge in [0.15, 0.2) is 5.78 Å². The number of terminal acetylenes is 1. The molecule has 0 saturated carbocycles. The number of carbonyl (C=O) groups excluding carboxylic acids is 1. The second kappa shape index (κ2) is 3.66. The molecule has 13 heavy (non-hydrogen) atoms. The van der Waals surface area contributed by atoms with Gasteiger partial charge in [-0.3, -0.25) is 4.79 Å². The third-order valence-electron chi connectivity index (χ3n) is 1.97. The molecule has 1 aliphatic carbocycles. The number of hydrogen-bond donors (Lipinski definition) is 0. The fraction of sp³-hybridized carbons (Fsp3) is 0.545. The summed E-state index contributed by atoms with van der Waals surface area (Å²) in [6.07, 6.45) is 8.00. The Kier molecular flexibility index (Phi) is 2.77. The van der Waals surface area contributed by atoms with Crippen molar-refractivity contribution in [2.24, 2.45) is 5.41 Å². The Bertz CT molecular complexity index is 279. The molecule has 0 atom stereocenters. The molecule has 2 nitrogen and oxygen atoms in total. The largest absolute Gasteiger partial charge is 0.485 e. The monoisotopic (exact) mass is 178 g/mol. The fourth-order valence-corrected chi connectivity index (χ4v) is 1.51. The lowest BCUT2D eigenvalue weighted by Crippen LogP contribution is -2.22. The van der Waals surface area contributed by atoms with Gasteiger partial charge in [0, 0.05) is 18.9 Å². The smallest absolute Gasteiger partial charge is 0.159 e. The molecule has 0 bridgehead atoms. The Morgan fingerprint density at radius 2 is 2.31 bits per heavy atom. The number of hydrogen-bond acceptors (Lipinski definition) is 2. The zero-order valence-electron chi connectivity index (χ0n) is 8.09. The van der Waals surface area contributed by atoms with Crippen molar-refractivity contribution in [3.05, 3.63) is 11.8 Å². The van der Waals surface area contributed by atoms with Crippen LogP contribution in [-0.4, -0.2) is 12.4 Å². The summed E-state index contributed by atoms with van der Waals surface area (Å²) in [5.41, 5.74) is 0.00969. The molecule has 0 aromatic heterocycles. The highest BCUT2D eigenvalue weighted by Crippen LogP contribution is 2.33. The van der Waals surface area contributed by atoms with Gasteiger partial charge in [0.25, 0.3) is 0 Å². The van der Waals surface area contributed by atoms with E-state index < -0.39 is 0 Å². The van der Waals surface area contributed by atoms with Crippen LogP contribution in [0.2, 0.25) is 0 Å². The predicted octanol–water partition coefficient (Wildman–Crippen LogP) is 1.91. The molecule has 0 heterocycles. The Morgan fingerprint density at radius 1 is 1.62 bits per heavy atom. The molecular weight excluding hydrogens is 164 g/mol. The number of allylic oxidation sites excluding steroid dienone is 2. The Labute approximate surface area is 79.0 Å². The summed E-state index contributed by atoms with van der Waals surface area (Å²) in [4.78, 5) is 11.2. The molecule has 0 fully saturated rings. The van der Waals surface area contributed by atoms with Gasteiger partial charge >= 0.3 is 0 Å². The molecule has 0 saturated heterocycles. The average molecular weight is 178 g/mol. The van der Waals surface area contributed by atoms with Crippen molar-refractivity contribution in [3.8, 4) is 12.3 Å². The molecule has 0 aromatic rings. The van der Waals surface area contributed by atoms with E-state index in [0.29, 0.717) is 6.42 Å². The van der Waals surface area contributed by atoms with E-state index >= 15 is 0 Å². The lowest BCUT2D eigenvalue weighted by molar-refractivity contribution is -0.117. The number of ketones is 1. The van der Waals surface area contributed by atoms with E-state index in [1.807, 2.05) is 0 Å². The topological polar surface area (TPSA) is 26.3 Å². The highest BCUT2D eigenvalue weighted by Gasteiger charge is 2.28. The molecule has 0 spiro atoms. The van der Waals surface area contributed by atoms with Gasteiger partial charge in [-0.05, 0) is 5.41 Å². The van der Waals surface area contributed by atoms with Crippen LogP contribution in [0.1, 0.15) is 26.7 Å². The first-order chi connectivity index (χ1) is 6.03. The maximum absolute atomic E-state index is 11.2. The van der Waals surface area contributed by atoms with Gasteiger partial charge in [-0.25, -0.2) is 0 Å². The lowest BCUT2D eigenvalue weighted by atomic mass is 9.79. The van der Waals surface area contributed by atoms with E-state index in [9.17, 15) is 4.79 Å². The standard InChI is InChI=1S/C11H14O2/c1-4-5-13-10-6-9(12)7-11(2,3)8-10/h1,6H,5,7-8H2,2-3H3. The normalized spacial score (nSPS) is 20.4. The Morgan fingerprint density at radius 3 is 2.85 bits per heavy atom. The molecular formula is C11H14O2. The van der Waals surface area contributed by atoms with Crippen LogP contribution in [0.4, 0.5) is 0 Å². The third kappa shape index (κ3) is 2.95. The van der Waals surface area contributed by atoms with E-state index in [2.05, 4.69) is 19.8 Å². The van der Waals surface area contributed by atoms with E-state index in [1.165, 1.54) is 0 Å². The van der Waals surface area contributed by atoms with Crippen molar-refractivity contribution in [1.82, 2.24) is 0 Å². The van der Waals surface area contributed by atoms with Crippen molar-refractivity contribution in [1.29, 1.82) is 0 Å². The second-order valence-electron chi connectivity index (χ2n) is 4.09. The zero-order valence-corrected chi connectivity index (χ0v) is 8.09. The van der Waals surface area contributed by atoms with Crippen LogP contribution in [0.15, 0.2) is 11.8 Å². The maximum Gasteiger partial charge on any atom is 0.159 e. The highest BCUT2D eigenvalue weighted by molar-refractivity contribution is 5.91. The summed E-state index contributed by atoms with van der Waals surface area (Å²) >= 11 is 0. The molecule has 0 unspecified atom stereocenters. The van der Waals surface area contributed by atoms with Crippen LogP contribution < -0.4 is 0 Å². The lowest BCUT2D eigenvalue weighted by Gasteiger charge is -2.28. The fourth-order valence-electron chi connectivity index (χ4n) is 1.51. The molecule has 0 aromatic carbocycles. The molecule has 1 rings (SSSR count). The predicted molar refractivity (Wildman–Crippen MR) is 50.9 cm³/mol. The highest BCUT2D eigenvalue weighted by atomic mass is 16.5. The molecule has 0 amide bonds. The minimum atomic E-state index is 0.00969. The molecule has 0 N–H and O–H groups in total. The Balaban J connectivity index is 2.65.